The van der Waals surface area contributed by atoms with Gasteiger partial charge in [0.2, 0.25) is 5.91 Å². The van der Waals surface area contributed by atoms with Crippen LogP contribution < -0.4 is 0 Å². The van der Waals surface area contributed by atoms with Crippen molar-refractivity contribution in [3.8, 4) is 5.69 Å². The third-order valence-electron chi connectivity index (χ3n) is 3.97. The van der Waals surface area contributed by atoms with Crippen LogP contribution in [0, 0.1) is 12.7 Å². The summed E-state index contributed by atoms with van der Waals surface area (Å²) >= 11 is 1.40. The number of thioether (sulfide) groups is 1. The molecule has 0 saturated heterocycles. The van der Waals surface area contributed by atoms with Crippen molar-refractivity contribution in [1.29, 1.82) is 0 Å². The molecule has 0 aliphatic rings. The minimum Gasteiger partial charge on any atom is -0.341 e. The van der Waals surface area contributed by atoms with E-state index in [0.29, 0.717) is 12.3 Å². The first-order valence-corrected chi connectivity index (χ1v) is 9.23. The zero-order chi connectivity index (χ0) is 18.5. The smallest absolute Gasteiger partial charge is 0.233 e. The Kier molecular flexibility index (Phi) is 5.73. The van der Waals surface area contributed by atoms with E-state index in [1.165, 1.54) is 29.5 Å². The average Bonchev–Trinajstić information content (AvgIpc) is 3.10. The molecule has 0 unspecified atom stereocenters. The number of carbonyl (C=O) groups is 1. The quantitative estimate of drug-likeness (QED) is 0.615. The van der Waals surface area contributed by atoms with Crippen molar-refractivity contribution in [3.05, 3.63) is 77.9 Å². The zero-order valence-electron chi connectivity index (χ0n) is 14.7. The van der Waals surface area contributed by atoms with Gasteiger partial charge in [-0.25, -0.2) is 9.37 Å². The van der Waals surface area contributed by atoms with Gasteiger partial charge >= 0.3 is 0 Å². The van der Waals surface area contributed by atoms with Crippen LogP contribution in [0.2, 0.25) is 0 Å². The van der Waals surface area contributed by atoms with Crippen LogP contribution >= 0.6 is 11.8 Å². The van der Waals surface area contributed by atoms with Crippen LogP contribution in [0.15, 0.2) is 66.1 Å². The average molecular weight is 369 g/mol. The van der Waals surface area contributed by atoms with Crippen molar-refractivity contribution in [3.63, 3.8) is 0 Å². The Morgan fingerprint density at radius 2 is 2.00 bits per heavy atom. The second kappa shape index (κ2) is 8.19. The highest BCUT2D eigenvalue weighted by molar-refractivity contribution is 7.99. The number of amides is 1. The number of hydrogen-bond acceptors (Lipinski definition) is 3. The van der Waals surface area contributed by atoms with Crippen LogP contribution in [-0.4, -0.2) is 33.2 Å². The molecule has 3 aromatic rings. The monoisotopic (exact) mass is 369 g/mol. The molecule has 0 spiro atoms. The van der Waals surface area contributed by atoms with E-state index >= 15 is 0 Å². The summed E-state index contributed by atoms with van der Waals surface area (Å²) < 4.78 is 14.9. The van der Waals surface area contributed by atoms with E-state index in [9.17, 15) is 9.18 Å². The van der Waals surface area contributed by atoms with E-state index < -0.39 is 0 Å². The van der Waals surface area contributed by atoms with Crippen LogP contribution in [0.25, 0.3) is 5.69 Å². The zero-order valence-corrected chi connectivity index (χ0v) is 15.5. The number of hydrogen-bond donors (Lipinski definition) is 0. The molecular formula is C20H20FN3OS. The summed E-state index contributed by atoms with van der Waals surface area (Å²) in [6.07, 6.45) is 3.63. The molecule has 0 atom stereocenters. The second-order valence-corrected chi connectivity index (χ2v) is 7.03. The Bertz CT molecular complexity index is 892. The Hall–Kier alpha value is -2.60. The van der Waals surface area contributed by atoms with Gasteiger partial charge in [0.1, 0.15) is 5.82 Å². The van der Waals surface area contributed by atoms with Gasteiger partial charge in [0.15, 0.2) is 5.16 Å². The highest BCUT2D eigenvalue weighted by Gasteiger charge is 2.13. The van der Waals surface area contributed by atoms with Crippen LogP contribution in [0.5, 0.6) is 0 Å². The largest absolute Gasteiger partial charge is 0.341 e. The van der Waals surface area contributed by atoms with Gasteiger partial charge < -0.3 is 4.90 Å². The number of benzene rings is 2. The minimum atomic E-state index is -0.277. The molecule has 0 N–H and O–H groups in total. The first kappa shape index (κ1) is 18.2. The van der Waals surface area contributed by atoms with Gasteiger partial charge in [0, 0.05) is 31.7 Å². The van der Waals surface area contributed by atoms with Gasteiger partial charge in [-0.1, -0.05) is 36.0 Å². The molecular weight excluding hydrogens is 349 g/mol. The van der Waals surface area contributed by atoms with E-state index in [1.807, 2.05) is 35.9 Å². The highest BCUT2D eigenvalue weighted by atomic mass is 32.2. The maximum atomic E-state index is 13.0. The lowest BCUT2D eigenvalue weighted by atomic mass is 10.2. The number of rotatable bonds is 6. The van der Waals surface area contributed by atoms with Crippen molar-refractivity contribution in [1.82, 2.24) is 14.5 Å². The summed E-state index contributed by atoms with van der Waals surface area (Å²) in [7, 11) is 1.75. The third kappa shape index (κ3) is 4.52. The summed E-state index contributed by atoms with van der Waals surface area (Å²) in [5, 5.41) is 0.777. The number of nitrogens with zero attached hydrogens (tertiary/aromatic N) is 3. The lowest BCUT2D eigenvalue weighted by molar-refractivity contribution is -0.127. The maximum absolute atomic E-state index is 13.0. The van der Waals surface area contributed by atoms with E-state index in [0.717, 1.165) is 16.4 Å². The lowest BCUT2D eigenvalue weighted by Crippen LogP contribution is -2.27. The van der Waals surface area contributed by atoms with Gasteiger partial charge in [0.05, 0.1) is 5.75 Å². The number of aryl methyl sites for hydroxylation is 1. The molecule has 4 nitrogen and oxygen atoms in total. The van der Waals surface area contributed by atoms with E-state index in [4.69, 9.17) is 0 Å². The van der Waals surface area contributed by atoms with Gasteiger partial charge in [0.25, 0.3) is 0 Å². The van der Waals surface area contributed by atoms with Gasteiger partial charge in [-0.15, -0.1) is 0 Å². The fraction of sp³-hybridized carbons (Fsp3) is 0.200. The Morgan fingerprint density at radius 3 is 2.73 bits per heavy atom. The molecule has 3 rings (SSSR count). The van der Waals surface area contributed by atoms with Crippen molar-refractivity contribution in [2.45, 2.75) is 18.6 Å². The number of aromatic nitrogens is 2. The molecule has 1 heterocycles. The fourth-order valence-corrected chi connectivity index (χ4v) is 3.47. The Labute approximate surface area is 156 Å². The first-order valence-electron chi connectivity index (χ1n) is 8.24. The number of carbonyl (C=O) groups excluding carboxylic acids is 1. The molecule has 0 fully saturated rings. The molecule has 0 saturated carbocycles. The molecule has 0 radical (unpaired) electrons. The number of halogens is 1. The minimum absolute atomic E-state index is 0.00174. The summed E-state index contributed by atoms with van der Waals surface area (Å²) in [4.78, 5) is 18.4. The Balaban J connectivity index is 1.61. The van der Waals surface area contributed by atoms with Gasteiger partial charge in [-0.05, 0) is 42.3 Å². The van der Waals surface area contributed by atoms with Crippen LogP contribution in [0.1, 0.15) is 11.1 Å². The van der Waals surface area contributed by atoms with E-state index in [1.54, 1.807) is 30.3 Å². The molecule has 0 bridgehead atoms. The topological polar surface area (TPSA) is 38.1 Å². The van der Waals surface area contributed by atoms with Crippen molar-refractivity contribution in [2.24, 2.45) is 0 Å². The maximum Gasteiger partial charge on any atom is 0.233 e. The first-order chi connectivity index (χ1) is 12.5. The summed E-state index contributed by atoms with van der Waals surface area (Å²) in [6.45, 7) is 2.49. The van der Waals surface area contributed by atoms with Crippen LogP contribution in [0.3, 0.4) is 0 Å². The number of imidazole rings is 1. The molecule has 2 aromatic carbocycles. The molecule has 1 aromatic heterocycles. The molecule has 134 valence electrons. The predicted molar refractivity (Wildman–Crippen MR) is 102 cm³/mol. The Morgan fingerprint density at radius 1 is 1.23 bits per heavy atom. The van der Waals surface area contributed by atoms with Crippen molar-refractivity contribution >= 4 is 17.7 Å². The van der Waals surface area contributed by atoms with Crippen LogP contribution in [-0.2, 0) is 11.3 Å². The molecule has 0 aliphatic heterocycles. The van der Waals surface area contributed by atoms with Crippen molar-refractivity contribution in [2.75, 3.05) is 12.8 Å². The highest BCUT2D eigenvalue weighted by Crippen LogP contribution is 2.21. The third-order valence-corrected chi connectivity index (χ3v) is 4.92. The summed E-state index contributed by atoms with van der Waals surface area (Å²) in [5.41, 5.74) is 3.09. The van der Waals surface area contributed by atoms with Crippen molar-refractivity contribution < 1.29 is 9.18 Å². The SMILES string of the molecule is Cc1cccc(-n2ccnc2SCC(=O)N(C)Cc2ccc(F)cc2)c1. The summed E-state index contributed by atoms with van der Waals surface area (Å²) in [6, 6.07) is 14.3. The lowest BCUT2D eigenvalue weighted by Gasteiger charge is -2.17. The molecule has 26 heavy (non-hydrogen) atoms. The molecule has 1 amide bonds. The normalized spacial score (nSPS) is 10.7. The second-order valence-electron chi connectivity index (χ2n) is 6.08. The van der Waals surface area contributed by atoms with Crippen LogP contribution in [0.4, 0.5) is 4.39 Å². The predicted octanol–water partition coefficient (Wildman–Crippen LogP) is 4.07. The van der Waals surface area contributed by atoms with E-state index in [2.05, 4.69) is 11.1 Å². The molecule has 6 heteroatoms. The van der Waals surface area contributed by atoms with Gasteiger partial charge in [-0.3, -0.25) is 9.36 Å². The molecule has 0 aliphatic carbocycles. The van der Waals surface area contributed by atoms with Gasteiger partial charge in [-0.2, -0.15) is 0 Å². The standard InChI is InChI=1S/C20H20FN3OS/c1-15-4-3-5-18(12-15)24-11-10-22-20(24)26-14-19(25)23(2)13-16-6-8-17(21)9-7-16/h3-12H,13-14H2,1-2H3. The van der Waals surface area contributed by atoms with E-state index in [-0.39, 0.29) is 11.7 Å². The summed E-state index contributed by atoms with van der Waals surface area (Å²) in [5.74, 6) is 0.0138. The fourth-order valence-electron chi connectivity index (χ4n) is 2.56.